The third kappa shape index (κ3) is 4.57. The van der Waals surface area contributed by atoms with Crippen LogP contribution in [0, 0.1) is 6.92 Å². The molecule has 0 aromatic heterocycles. The van der Waals surface area contributed by atoms with E-state index in [4.69, 9.17) is 5.73 Å². The van der Waals surface area contributed by atoms with E-state index in [1.165, 1.54) is 11.2 Å². The minimum Gasteiger partial charge on any atom is -0.365 e. The van der Waals surface area contributed by atoms with Crippen molar-refractivity contribution >= 4 is 51.3 Å². The molecule has 34 heavy (non-hydrogen) atoms. The van der Waals surface area contributed by atoms with Crippen LogP contribution in [0.4, 0.5) is 11.4 Å². The summed E-state index contributed by atoms with van der Waals surface area (Å²) >= 11 is 4.34. The molecule has 2 N–H and O–H groups in total. The van der Waals surface area contributed by atoms with Crippen LogP contribution in [-0.2, 0) is 14.8 Å². The molecule has 4 rings (SSSR count). The fraction of sp³-hybridized carbons (Fsp3) is 0.120. The zero-order valence-electron chi connectivity index (χ0n) is 18.7. The van der Waals surface area contributed by atoms with Gasteiger partial charge in [-0.15, -0.1) is 12.6 Å². The van der Waals surface area contributed by atoms with Crippen molar-refractivity contribution in [2.75, 3.05) is 15.9 Å². The molecule has 7 nitrogen and oxygen atoms in total. The van der Waals surface area contributed by atoms with Gasteiger partial charge in [0.1, 0.15) is 5.71 Å². The zero-order valence-corrected chi connectivity index (χ0v) is 20.4. The van der Waals surface area contributed by atoms with Gasteiger partial charge in [0.15, 0.2) is 0 Å². The number of hydrogen-bond donors (Lipinski definition) is 2. The molecule has 0 saturated carbocycles. The molecule has 174 valence electrons. The van der Waals surface area contributed by atoms with Crippen LogP contribution in [0.15, 0.2) is 93.8 Å². The minimum absolute atomic E-state index is 0.0921. The first-order valence-electron chi connectivity index (χ1n) is 10.5. The first-order chi connectivity index (χ1) is 16.2. The van der Waals surface area contributed by atoms with Crippen molar-refractivity contribution in [3.8, 4) is 0 Å². The fourth-order valence-electron chi connectivity index (χ4n) is 3.59. The monoisotopic (exact) mass is 492 g/mol. The van der Waals surface area contributed by atoms with Gasteiger partial charge in [-0.1, -0.05) is 35.9 Å². The number of fused-ring (bicyclic) bond motifs is 1. The lowest BCUT2D eigenvalue weighted by Gasteiger charge is -2.33. The fourth-order valence-corrected chi connectivity index (χ4v) is 5.17. The van der Waals surface area contributed by atoms with Gasteiger partial charge in [-0.3, -0.25) is 9.10 Å². The molecule has 3 aromatic carbocycles. The summed E-state index contributed by atoms with van der Waals surface area (Å²) in [5, 5.41) is 6.07. The molecule has 0 spiro atoms. The third-order valence-corrected chi connectivity index (χ3v) is 7.53. The molecule has 0 fully saturated rings. The Morgan fingerprint density at radius 3 is 2.32 bits per heavy atom. The highest BCUT2D eigenvalue weighted by Gasteiger charge is 2.31. The first-order valence-corrected chi connectivity index (χ1v) is 12.4. The number of carbonyl (C=O) groups is 1. The second-order valence-corrected chi connectivity index (χ2v) is 10.2. The molecule has 0 atom stereocenters. The molecule has 9 heteroatoms. The number of carbonyl (C=O) groups excluding carboxylic acids is 1. The summed E-state index contributed by atoms with van der Waals surface area (Å²) in [4.78, 5) is 12.7. The highest BCUT2D eigenvalue weighted by Crippen LogP contribution is 2.38. The molecule has 0 radical (unpaired) electrons. The average molecular weight is 493 g/mol. The molecule has 3 aromatic rings. The molecular weight excluding hydrogens is 468 g/mol. The van der Waals surface area contributed by atoms with Gasteiger partial charge in [-0.05, 0) is 62.4 Å². The summed E-state index contributed by atoms with van der Waals surface area (Å²) in [6.45, 7) is 3.53. The van der Waals surface area contributed by atoms with Crippen LogP contribution in [0.25, 0.3) is 5.70 Å². The van der Waals surface area contributed by atoms with Crippen molar-refractivity contribution < 1.29 is 13.2 Å². The number of hydrogen-bond acceptors (Lipinski definition) is 6. The van der Waals surface area contributed by atoms with E-state index in [9.17, 15) is 13.2 Å². The largest absolute Gasteiger partial charge is 0.365 e. The summed E-state index contributed by atoms with van der Waals surface area (Å²) in [6, 6.07) is 21.2. The highest BCUT2D eigenvalue weighted by atomic mass is 32.2. The SMILES string of the molecule is C/C(=N\N(C1=CCN(S(=O)(=O)c2ccc(C)cc2)c2ccccc21)c1ccc(S)cc1)C(N)=O. The van der Waals surface area contributed by atoms with Gasteiger partial charge in [0.2, 0.25) is 0 Å². The molecule has 0 aliphatic carbocycles. The average Bonchev–Trinajstić information content (AvgIpc) is 2.82. The van der Waals surface area contributed by atoms with E-state index < -0.39 is 15.9 Å². The van der Waals surface area contributed by atoms with E-state index in [1.54, 1.807) is 47.5 Å². The van der Waals surface area contributed by atoms with E-state index in [2.05, 4.69) is 17.7 Å². The van der Waals surface area contributed by atoms with Crippen LogP contribution in [-0.4, -0.2) is 26.6 Å². The third-order valence-electron chi connectivity index (χ3n) is 5.44. The summed E-state index contributed by atoms with van der Waals surface area (Å²) < 4.78 is 28.4. The lowest BCUT2D eigenvalue weighted by Crippen LogP contribution is -2.36. The number of rotatable bonds is 6. The highest BCUT2D eigenvalue weighted by molar-refractivity contribution is 7.92. The second-order valence-electron chi connectivity index (χ2n) is 7.83. The first kappa shape index (κ1) is 23.6. The van der Waals surface area contributed by atoms with Crippen molar-refractivity contribution in [3.63, 3.8) is 0 Å². The summed E-state index contributed by atoms with van der Waals surface area (Å²) in [7, 11) is -3.80. The van der Waals surface area contributed by atoms with Crippen LogP contribution in [0.1, 0.15) is 18.1 Å². The number of primary amides is 1. The maximum absolute atomic E-state index is 13.5. The second kappa shape index (κ2) is 9.36. The van der Waals surface area contributed by atoms with Gasteiger partial charge in [0, 0.05) is 10.5 Å². The Balaban J connectivity index is 1.84. The maximum atomic E-state index is 13.5. The number of anilines is 2. The number of benzene rings is 3. The zero-order chi connectivity index (χ0) is 24.5. The van der Waals surface area contributed by atoms with E-state index in [-0.39, 0.29) is 17.2 Å². The Kier molecular flexibility index (Phi) is 6.49. The Hall–Kier alpha value is -3.56. The number of amides is 1. The van der Waals surface area contributed by atoms with Crippen molar-refractivity contribution in [1.82, 2.24) is 0 Å². The van der Waals surface area contributed by atoms with E-state index >= 15 is 0 Å². The maximum Gasteiger partial charge on any atom is 0.264 e. The Morgan fingerprint density at radius 2 is 1.68 bits per heavy atom. The Labute approximate surface area is 204 Å². The predicted octanol–water partition coefficient (Wildman–Crippen LogP) is 4.20. The summed E-state index contributed by atoms with van der Waals surface area (Å²) in [5.41, 5.74) is 9.02. The van der Waals surface area contributed by atoms with Crippen LogP contribution in [0.5, 0.6) is 0 Å². The van der Waals surface area contributed by atoms with Crippen LogP contribution in [0.2, 0.25) is 0 Å². The molecule has 0 unspecified atom stereocenters. The topological polar surface area (TPSA) is 96.1 Å². The lowest BCUT2D eigenvalue weighted by molar-refractivity contribution is -0.112. The number of nitrogens with zero attached hydrogens (tertiary/aromatic N) is 3. The van der Waals surface area contributed by atoms with Crippen molar-refractivity contribution in [2.24, 2.45) is 10.8 Å². The van der Waals surface area contributed by atoms with Crippen LogP contribution < -0.4 is 15.0 Å². The number of thiol groups is 1. The number of sulfonamides is 1. The number of hydrazone groups is 1. The molecule has 0 saturated heterocycles. The molecule has 1 aliphatic rings. The quantitative estimate of drug-likeness (QED) is 0.306. The van der Waals surface area contributed by atoms with Gasteiger partial charge in [-0.2, -0.15) is 5.10 Å². The standard InChI is InChI=1S/C25H24N4O3S2/c1-17-7-13-21(14-8-17)34(31,32)28-16-15-24(22-5-3-4-6-23(22)28)29(27-18(2)25(26)30)19-9-11-20(33)12-10-19/h3-15,33H,16H2,1-2H3,(H2,26,30)/b27-18+. The Morgan fingerprint density at radius 1 is 1.03 bits per heavy atom. The molecule has 1 heterocycles. The molecule has 1 aliphatic heterocycles. The summed E-state index contributed by atoms with van der Waals surface area (Å²) in [5.74, 6) is -0.649. The van der Waals surface area contributed by atoms with Crippen molar-refractivity contribution in [2.45, 2.75) is 23.6 Å². The summed E-state index contributed by atoms with van der Waals surface area (Å²) in [6.07, 6.45) is 1.78. The smallest absolute Gasteiger partial charge is 0.264 e. The number of aryl methyl sites for hydroxylation is 1. The van der Waals surface area contributed by atoms with E-state index in [0.29, 0.717) is 22.6 Å². The van der Waals surface area contributed by atoms with Crippen molar-refractivity contribution in [1.29, 1.82) is 0 Å². The molecule has 0 bridgehead atoms. The normalized spacial score (nSPS) is 13.8. The van der Waals surface area contributed by atoms with Gasteiger partial charge in [-0.25, -0.2) is 13.4 Å². The number of para-hydroxylation sites is 1. The number of nitrogens with two attached hydrogens (primary N) is 1. The van der Waals surface area contributed by atoms with E-state index in [1.807, 2.05) is 43.3 Å². The minimum atomic E-state index is -3.80. The lowest BCUT2D eigenvalue weighted by atomic mass is 10.1. The van der Waals surface area contributed by atoms with Gasteiger partial charge >= 0.3 is 0 Å². The van der Waals surface area contributed by atoms with Gasteiger partial charge in [0.05, 0.1) is 28.5 Å². The molecule has 1 amide bonds. The van der Waals surface area contributed by atoms with Crippen molar-refractivity contribution in [3.05, 3.63) is 90.0 Å². The Bertz CT molecular complexity index is 1400. The van der Waals surface area contributed by atoms with Gasteiger partial charge in [0.25, 0.3) is 15.9 Å². The van der Waals surface area contributed by atoms with Crippen LogP contribution in [0.3, 0.4) is 0 Å². The predicted molar refractivity (Wildman–Crippen MR) is 139 cm³/mol. The van der Waals surface area contributed by atoms with Crippen LogP contribution >= 0.6 is 12.6 Å². The molecular formula is C25H24N4O3S2. The van der Waals surface area contributed by atoms with E-state index in [0.717, 1.165) is 10.5 Å². The van der Waals surface area contributed by atoms with Gasteiger partial charge < -0.3 is 5.73 Å².